The zero-order valence-corrected chi connectivity index (χ0v) is 18.8. The fourth-order valence-corrected chi connectivity index (χ4v) is 3.50. The van der Waals surface area contributed by atoms with E-state index in [1.165, 1.54) is 13.8 Å². The fraction of sp³-hybridized carbons (Fsp3) is 0.818. The quantitative estimate of drug-likeness (QED) is 0.337. The van der Waals surface area contributed by atoms with E-state index < -0.39 is 12.1 Å². The molecule has 7 nitrogen and oxygen atoms in total. The van der Waals surface area contributed by atoms with Crippen LogP contribution >= 0.6 is 0 Å². The summed E-state index contributed by atoms with van der Waals surface area (Å²) in [4.78, 5) is 47.5. The van der Waals surface area contributed by atoms with E-state index in [1.54, 1.807) is 6.92 Å². The van der Waals surface area contributed by atoms with Gasteiger partial charge >= 0.3 is 0 Å². The highest BCUT2D eigenvalue weighted by Crippen LogP contribution is 2.11. The van der Waals surface area contributed by atoms with Crippen LogP contribution in [-0.2, 0) is 19.2 Å². The molecule has 0 spiro atoms. The Morgan fingerprint density at radius 2 is 1.34 bits per heavy atom. The topological polar surface area (TPSA) is 113 Å². The molecule has 0 bridgehead atoms. The van der Waals surface area contributed by atoms with Gasteiger partial charge in [-0.15, -0.1) is 0 Å². The lowest BCUT2D eigenvalue weighted by Crippen LogP contribution is -2.43. The first-order valence-corrected chi connectivity index (χ1v) is 10.8. The largest absolute Gasteiger partial charge is 0.393 e. The van der Waals surface area contributed by atoms with E-state index in [-0.39, 0.29) is 54.6 Å². The summed E-state index contributed by atoms with van der Waals surface area (Å²) < 4.78 is 0. The molecule has 168 valence electrons. The van der Waals surface area contributed by atoms with Crippen molar-refractivity contribution in [3.63, 3.8) is 0 Å². The number of unbranched alkanes of at least 4 members (excludes halogenated alkanes) is 2. The Morgan fingerprint density at radius 1 is 0.793 bits per heavy atom. The Kier molecular flexibility index (Phi) is 14.2. The molecule has 0 aliphatic heterocycles. The maximum absolute atomic E-state index is 12.5. The Hall–Kier alpha value is -1.76. The van der Waals surface area contributed by atoms with E-state index in [2.05, 4.69) is 17.6 Å². The molecule has 4 atom stereocenters. The molecule has 0 radical (unpaired) electrons. The summed E-state index contributed by atoms with van der Waals surface area (Å²) >= 11 is 0. The predicted octanol–water partition coefficient (Wildman–Crippen LogP) is 2.68. The number of rotatable bonds is 16. The maximum atomic E-state index is 12.5. The van der Waals surface area contributed by atoms with Gasteiger partial charge in [-0.05, 0) is 39.5 Å². The van der Waals surface area contributed by atoms with Crippen molar-refractivity contribution < 1.29 is 24.3 Å². The van der Waals surface area contributed by atoms with Gasteiger partial charge in [-0.25, -0.2) is 0 Å². The molecular weight excluding hydrogens is 372 g/mol. The fourth-order valence-electron chi connectivity index (χ4n) is 3.50. The number of carbonyl (C=O) groups is 4. The zero-order valence-electron chi connectivity index (χ0n) is 18.8. The van der Waals surface area contributed by atoms with Crippen LogP contribution in [-0.4, -0.2) is 46.7 Å². The number of ketones is 2. The van der Waals surface area contributed by atoms with Crippen molar-refractivity contribution in [3.8, 4) is 0 Å². The van der Waals surface area contributed by atoms with Gasteiger partial charge in [0.2, 0.25) is 11.8 Å². The van der Waals surface area contributed by atoms with Crippen molar-refractivity contribution in [3.05, 3.63) is 0 Å². The summed E-state index contributed by atoms with van der Waals surface area (Å²) in [5.41, 5.74) is 0. The van der Waals surface area contributed by atoms with Crippen LogP contribution in [0.1, 0.15) is 92.4 Å². The summed E-state index contributed by atoms with van der Waals surface area (Å²) in [5.74, 6) is -0.675. The van der Waals surface area contributed by atoms with Gasteiger partial charge in [0.15, 0.2) is 0 Å². The summed E-state index contributed by atoms with van der Waals surface area (Å²) in [7, 11) is 0. The second-order valence-corrected chi connectivity index (χ2v) is 8.44. The molecule has 0 saturated heterocycles. The van der Waals surface area contributed by atoms with Gasteiger partial charge in [0, 0.05) is 37.8 Å². The molecular formula is C22H40N2O5. The smallest absolute Gasteiger partial charge is 0.222 e. The Bertz CT molecular complexity index is 533. The van der Waals surface area contributed by atoms with Crippen molar-refractivity contribution in [2.45, 2.75) is 111 Å². The minimum Gasteiger partial charge on any atom is -0.393 e. The van der Waals surface area contributed by atoms with Crippen molar-refractivity contribution in [1.82, 2.24) is 10.6 Å². The van der Waals surface area contributed by atoms with E-state index in [0.717, 1.165) is 25.7 Å². The minimum atomic E-state index is -0.577. The molecule has 0 fully saturated rings. The van der Waals surface area contributed by atoms with Crippen molar-refractivity contribution >= 4 is 23.4 Å². The molecule has 0 aromatic heterocycles. The monoisotopic (exact) mass is 412 g/mol. The summed E-state index contributed by atoms with van der Waals surface area (Å²) in [6.07, 6.45) is 4.44. The van der Waals surface area contributed by atoms with E-state index in [1.807, 2.05) is 6.92 Å². The molecule has 0 aliphatic rings. The number of aliphatic hydroxyl groups excluding tert-OH is 1. The van der Waals surface area contributed by atoms with E-state index >= 15 is 0 Å². The molecule has 0 heterocycles. The first-order valence-electron chi connectivity index (χ1n) is 10.8. The van der Waals surface area contributed by atoms with Crippen molar-refractivity contribution in [2.24, 2.45) is 5.92 Å². The third-order valence-corrected chi connectivity index (χ3v) is 4.65. The lowest BCUT2D eigenvalue weighted by Gasteiger charge is -2.23. The predicted molar refractivity (Wildman–Crippen MR) is 113 cm³/mol. The summed E-state index contributed by atoms with van der Waals surface area (Å²) in [5, 5.41) is 15.4. The van der Waals surface area contributed by atoms with Gasteiger partial charge in [0.25, 0.3) is 0 Å². The lowest BCUT2D eigenvalue weighted by molar-refractivity contribution is -0.125. The van der Waals surface area contributed by atoms with Crippen LogP contribution in [0.5, 0.6) is 0 Å². The Balaban J connectivity index is 4.79. The minimum absolute atomic E-state index is 0.0104. The van der Waals surface area contributed by atoms with Gasteiger partial charge in [0.05, 0.1) is 6.10 Å². The van der Waals surface area contributed by atoms with Gasteiger partial charge in [0.1, 0.15) is 11.6 Å². The second kappa shape index (κ2) is 15.1. The molecule has 0 rings (SSSR count). The van der Waals surface area contributed by atoms with Crippen LogP contribution in [0.2, 0.25) is 0 Å². The third-order valence-electron chi connectivity index (χ3n) is 4.65. The molecule has 29 heavy (non-hydrogen) atoms. The van der Waals surface area contributed by atoms with Crippen LogP contribution in [0.4, 0.5) is 0 Å². The van der Waals surface area contributed by atoms with Crippen LogP contribution in [0.25, 0.3) is 0 Å². The van der Waals surface area contributed by atoms with Crippen LogP contribution < -0.4 is 10.6 Å². The van der Waals surface area contributed by atoms with Gasteiger partial charge in [-0.3, -0.25) is 14.4 Å². The standard InChI is InChI=1S/C22H40N2O5/c1-6-7-8-9-19(12-17(4)26)23-22(29)14-20(13-18(5)27)24-21(28)11-15(2)10-16(3)25/h15,17,19-20,26H,6-14H2,1-5H3,(H,23,29)(H,24,28)/t15?,17-,19?,20?/m1/s1. The Labute approximate surface area is 175 Å². The number of nitrogens with one attached hydrogen (secondary N) is 2. The number of amides is 2. The van der Waals surface area contributed by atoms with Crippen molar-refractivity contribution in [2.75, 3.05) is 0 Å². The summed E-state index contributed by atoms with van der Waals surface area (Å²) in [6, 6.07) is -0.703. The van der Waals surface area contributed by atoms with Gasteiger partial charge in [-0.1, -0.05) is 33.1 Å². The highest BCUT2D eigenvalue weighted by molar-refractivity contribution is 5.83. The summed E-state index contributed by atoms with van der Waals surface area (Å²) in [6.45, 7) is 8.54. The first kappa shape index (κ1) is 27.2. The number of aliphatic hydroxyl groups is 1. The lowest BCUT2D eigenvalue weighted by atomic mass is 9.99. The third kappa shape index (κ3) is 15.8. The normalized spacial score (nSPS) is 15.1. The number of carbonyl (C=O) groups excluding carboxylic acids is 4. The van der Waals surface area contributed by atoms with Gasteiger partial charge in [-0.2, -0.15) is 0 Å². The molecule has 3 unspecified atom stereocenters. The number of hydrogen-bond acceptors (Lipinski definition) is 5. The second-order valence-electron chi connectivity index (χ2n) is 8.44. The average molecular weight is 413 g/mol. The molecule has 0 aromatic rings. The Morgan fingerprint density at radius 3 is 1.86 bits per heavy atom. The molecule has 7 heteroatoms. The SMILES string of the molecule is CCCCCC(C[C@@H](C)O)NC(=O)CC(CC(C)=O)NC(=O)CC(C)CC(C)=O. The molecule has 0 saturated carbocycles. The molecule has 3 N–H and O–H groups in total. The van der Waals surface area contributed by atoms with E-state index in [4.69, 9.17) is 0 Å². The highest BCUT2D eigenvalue weighted by Gasteiger charge is 2.22. The molecule has 2 amide bonds. The average Bonchev–Trinajstić information content (AvgIpc) is 2.52. The van der Waals surface area contributed by atoms with Crippen LogP contribution in [0.3, 0.4) is 0 Å². The number of hydrogen-bond donors (Lipinski definition) is 3. The van der Waals surface area contributed by atoms with Crippen molar-refractivity contribution in [1.29, 1.82) is 0 Å². The molecule has 0 aliphatic carbocycles. The van der Waals surface area contributed by atoms with E-state index in [0.29, 0.717) is 12.8 Å². The zero-order chi connectivity index (χ0) is 22.4. The maximum Gasteiger partial charge on any atom is 0.222 e. The van der Waals surface area contributed by atoms with Crippen LogP contribution in [0.15, 0.2) is 0 Å². The first-order chi connectivity index (χ1) is 13.5. The number of Topliss-reactive ketones (excluding diaryl/α,β-unsaturated/α-hetero) is 2. The highest BCUT2D eigenvalue weighted by atomic mass is 16.3. The van der Waals surface area contributed by atoms with E-state index in [9.17, 15) is 24.3 Å². The van der Waals surface area contributed by atoms with Crippen LogP contribution in [0, 0.1) is 5.92 Å². The molecule has 0 aromatic carbocycles. The van der Waals surface area contributed by atoms with Gasteiger partial charge < -0.3 is 20.5 Å².